The molecule has 0 aromatic carbocycles. The number of aromatic nitrogens is 3. The lowest BCUT2D eigenvalue weighted by molar-refractivity contribution is 0.616. The Hall–Kier alpha value is -1.58. The van der Waals surface area contributed by atoms with Gasteiger partial charge in [0.05, 0.1) is 11.8 Å². The van der Waals surface area contributed by atoms with Gasteiger partial charge in [-0.2, -0.15) is 0 Å². The van der Waals surface area contributed by atoms with Gasteiger partial charge in [-0.05, 0) is 32.8 Å². The molecule has 1 saturated heterocycles. The first-order valence-electron chi connectivity index (χ1n) is 6.34. The summed E-state index contributed by atoms with van der Waals surface area (Å²) in [6.45, 7) is 6.61. The molecule has 0 spiro atoms. The molecule has 0 saturated carbocycles. The van der Waals surface area contributed by atoms with Crippen molar-refractivity contribution in [1.29, 1.82) is 0 Å². The van der Waals surface area contributed by atoms with Gasteiger partial charge >= 0.3 is 0 Å². The molecule has 0 N–H and O–H groups in total. The van der Waals surface area contributed by atoms with E-state index in [9.17, 15) is 0 Å². The summed E-state index contributed by atoms with van der Waals surface area (Å²) in [6, 6.07) is 2.42. The van der Waals surface area contributed by atoms with Gasteiger partial charge in [-0.15, -0.1) is 0 Å². The van der Waals surface area contributed by atoms with Crippen LogP contribution in [-0.4, -0.2) is 27.6 Å². The first-order chi connectivity index (χ1) is 8.27. The van der Waals surface area contributed by atoms with Gasteiger partial charge in [-0.1, -0.05) is 0 Å². The summed E-state index contributed by atoms with van der Waals surface area (Å²) in [7, 11) is 0. The molecule has 0 aliphatic carbocycles. The minimum atomic E-state index is 0.422. The summed E-state index contributed by atoms with van der Waals surface area (Å²) in [4.78, 5) is 11.4. The maximum atomic E-state index is 4.57. The van der Waals surface area contributed by atoms with Crippen molar-refractivity contribution in [3.63, 3.8) is 0 Å². The van der Waals surface area contributed by atoms with E-state index >= 15 is 0 Å². The second-order valence-electron chi connectivity index (χ2n) is 4.94. The van der Waals surface area contributed by atoms with E-state index in [1.54, 1.807) is 0 Å². The Kier molecular flexibility index (Phi) is 2.50. The van der Waals surface area contributed by atoms with Crippen LogP contribution in [0.25, 0.3) is 11.0 Å². The smallest absolute Gasteiger partial charge is 0.154 e. The van der Waals surface area contributed by atoms with Gasteiger partial charge in [0.25, 0.3) is 0 Å². The third-order valence-corrected chi connectivity index (χ3v) is 3.43. The van der Waals surface area contributed by atoms with Crippen molar-refractivity contribution in [2.75, 3.05) is 18.0 Å². The molecule has 1 aliphatic heterocycles. The zero-order chi connectivity index (χ0) is 11.8. The van der Waals surface area contributed by atoms with E-state index in [0.717, 1.165) is 24.4 Å². The largest absolute Gasteiger partial charge is 0.355 e. The molecule has 0 unspecified atom stereocenters. The van der Waals surface area contributed by atoms with Gasteiger partial charge < -0.3 is 9.47 Å². The van der Waals surface area contributed by atoms with Gasteiger partial charge in [0.15, 0.2) is 5.82 Å². The normalized spacial score (nSPS) is 16.3. The Bertz CT molecular complexity index is 523. The van der Waals surface area contributed by atoms with Crippen molar-refractivity contribution in [2.45, 2.75) is 32.7 Å². The third kappa shape index (κ3) is 1.68. The standard InChI is InChI=1S/C13H18N4/c1-10(2)17-9-15-11-5-6-14-13(12(11)17)16-7-3-4-8-16/h5-6,9-10H,3-4,7-8H2,1-2H3. The molecule has 0 amide bonds. The minimum absolute atomic E-state index is 0.422. The predicted molar refractivity (Wildman–Crippen MR) is 69.4 cm³/mol. The zero-order valence-corrected chi connectivity index (χ0v) is 10.4. The van der Waals surface area contributed by atoms with E-state index in [4.69, 9.17) is 0 Å². The van der Waals surface area contributed by atoms with Crippen LogP contribution in [0.5, 0.6) is 0 Å². The number of fused-ring (bicyclic) bond motifs is 1. The van der Waals surface area contributed by atoms with Gasteiger partial charge in [0.1, 0.15) is 5.52 Å². The molecule has 0 bridgehead atoms. The summed E-state index contributed by atoms with van der Waals surface area (Å²) >= 11 is 0. The maximum Gasteiger partial charge on any atom is 0.154 e. The molecule has 3 heterocycles. The van der Waals surface area contributed by atoms with E-state index in [0.29, 0.717) is 6.04 Å². The van der Waals surface area contributed by atoms with Gasteiger partial charge in [-0.3, -0.25) is 0 Å². The molecule has 4 nitrogen and oxygen atoms in total. The Morgan fingerprint density at radius 1 is 1.18 bits per heavy atom. The number of nitrogens with zero attached hydrogens (tertiary/aromatic N) is 4. The molecule has 4 heteroatoms. The number of pyridine rings is 1. The average molecular weight is 230 g/mol. The Balaban J connectivity index is 2.18. The summed E-state index contributed by atoms with van der Waals surface area (Å²) in [5, 5.41) is 0. The first-order valence-corrected chi connectivity index (χ1v) is 6.34. The monoisotopic (exact) mass is 230 g/mol. The van der Waals surface area contributed by atoms with E-state index in [2.05, 4.69) is 33.3 Å². The second kappa shape index (κ2) is 4.02. The average Bonchev–Trinajstić information content (AvgIpc) is 2.97. The van der Waals surface area contributed by atoms with Crippen LogP contribution in [0.2, 0.25) is 0 Å². The molecule has 1 fully saturated rings. The summed E-state index contributed by atoms with van der Waals surface area (Å²) in [6.07, 6.45) is 6.34. The molecule has 2 aromatic rings. The molecule has 1 aliphatic rings. The zero-order valence-electron chi connectivity index (χ0n) is 10.4. The quantitative estimate of drug-likeness (QED) is 0.795. The van der Waals surface area contributed by atoms with Crippen molar-refractivity contribution in [3.8, 4) is 0 Å². The van der Waals surface area contributed by atoms with Crippen molar-refractivity contribution >= 4 is 16.9 Å². The molecular formula is C13H18N4. The van der Waals surface area contributed by atoms with Gasteiger partial charge in [0.2, 0.25) is 0 Å². The van der Waals surface area contributed by atoms with Crippen molar-refractivity contribution in [3.05, 3.63) is 18.6 Å². The van der Waals surface area contributed by atoms with Crippen molar-refractivity contribution in [1.82, 2.24) is 14.5 Å². The highest BCUT2D eigenvalue weighted by atomic mass is 15.2. The fraction of sp³-hybridized carbons (Fsp3) is 0.538. The van der Waals surface area contributed by atoms with Crippen LogP contribution in [0.1, 0.15) is 32.7 Å². The summed E-state index contributed by atoms with van der Waals surface area (Å²) < 4.78 is 2.22. The molecule has 0 atom stereocenters. The van der Waals surface area contributed by atoms with E-state index in [-0.39, 0.29) is 0 Å². The molecule has 90 valence electrons. The van der Waals surface area contributed by atoms with Gasteiger partial charge in [0, 0.05) is 25.3 Å². The maximum absolute atomic E-state index is 4.57. The van der Waals surface area contributed by atoms with Crippen LogP contribution in [0.15, 0.2) is 18.6 Å². The molecule has 2 aromatic heterocycles. The van der Waals surface area contributed by atoms with E-state index < -0.39 is 0 Å². The number of hydrogen-bond donors (Lipinski definition) is 0. The number of rotatable bonds is 2. The van der Waals surface area contributed by atoms with E-state index in [1.165, 1.54) is 18.4 Å². The lowest BCUT2D eigenvalue weighted by Crippen LogP contribution is -2.20. The fourth-order valence-electron chi connectivity index (χ4n) is 2.52. The predicted octanol–water partition coefficient (Wildman–Crippen LogP) is 2.61. The second-order valence-corrected chi connectivity index (χ2v) is 4.94. The number of imidazole rings is 1. The summed E-state index contributed by atoms with van der Waals surface area (Å²) in [5.41, 5.74) is 2.24. The van der Waals surface area contributed by atoms with Crippen LogP contribution in [0.3, 0.4) is 0 Å². The van der Waals surface area contributed by atoms with Crippen LogP contribution >= 0.6 is 0 Å². The Morgan fingerprint density at radius 3 is 2.65 bits per heavy atom. The molecule has 3 rings (SSSR count). The summed E-state index contributed by atoms with van der Waals surface area (Å²) in [5.74, 6) is 1.10. The topological polar surface area (TPSA) is 34.0 Å². The highest BCUT2D eigenvalue weighted by Crippen LogP contribution is 2.28. The molecular weight excluding hydrogens is 212 g/mol. The molecule has 0 radical (unpaired) electrons. The van der Waals surface area contributed by atoms with Gasteiger partial charge in [-0.25, -0.2) is 9.97 Å². The van der Waals surface area contributed by atoms with E-state index in [1.807, 2.05) is 18.6 Å². The lowest BCUT2D eigenvalue weighted by atomic mass is 10.3. The Labute approximate surface area is 101 Å². The molecule has 17 heavy (non-hydrogen) atoms. The lowest BCUT2D eigenvalue weighted by Gasteiger charge is -2.19. The first kappa shape index (κ1) is 10.6. The fourth-order valence-corrected chi connectivity index (χ4v) is 2.52. The van der Waals surface area contributed by atoms with Crippen LogP contribution in [0, 0.1) is 0 Å². The van der Waals surface area contributed by atoms with Crippen LogP contribution < -0.4 is 4.90 Å². The van der Waals surface area contributed by atoms with Crippen molar-refractivity contribution < 1.29 is 0 Å². The number of hydrogen-bond acceptors (Lipinski definition) is 3. The SMILES string of the molecule is CC(C)n1cnc2ccnc(N3CCCC3)c21. The highest BCUT2D eigenvalue weighted by Gasteiger charge is 2.19. The highest BCUT2D eigenvalue weighted by molar-refractivity contribution is 5.86. The van der Waals surface area contributed by atoms with Crippen molar-refractivity contribution in [2.24, 2.45) is 0 Å². The third-order valence-electron chi connectivity index (χ3n) is 3.43. The van der Waals surface area contributed by atoms with Crippen LogP contribution in [0.4, 0.5) is 5.82 Å². The van der Waals surface area contributed by atoms with Crippen LogP contribution in [-0.2, 0) is 0 Å². The number of anilines is 1. The minimum Gasteiger partial charge on any atom is -0.355 e. The Morgan fingerprint density at radius 2 is 1.94 bits per heavy atom.